The first-order valence-electron chi connectivity index (χ1n) is 8.07. The number of halogens is 3. The Morgan fingerprint density at radius 3 is 2.69 bits per heavy atom. The minimum atomic E-state index is -4.40. The lowest BCUT2D eigenvalue weighted by atomic mass is 10.1. The number of alkyl halides is 3. The van der Waals surface area contributed by atoms with E-state index in [4.69, 9.17) is 0 Å². The van der Waals surface area contributed by atoms with Crippen LogP contribution in [-0.4, -0.2) is 23.7 Å². The van der Waals surface area contributed by atoms with Gasteiger partial charge < -0.3 is 10.1 Å². The normalized spacial score (nSPS) is 14.4. The number of ether oxygens (including phenoxy) is 1. The minimum Gasteiger partial charge on any atom is -0.483 e. The molecular formula is C19H17F3N2O2. The van der Waals surface area contributed by atoms with Crippen molar-refractivity contribution in [3.63, 3.8) is 0 Å². The Labute approximate surface area is 148 Å². The summed E-state index contributed by atoms with van der Waals surface area (Å²) in [4.78, 5) is 16.5. The summed E-state index contributed by atoms with van der Waals surface area (Å²) in [6.45, 7) is 0.397. The lowest BCUT2D eigenvalue weighted by Gasteiger charge is -2.15. The first-order valence-corrected chi connectivity index (χ1v) is 8.07. The van der Waals surface area contributed by atoms with Gasteiger partial charge >= 0.3 is 6.18 Å². The molecule has 136 valence electrons. The Kier molecular flexibility index (Phi) is 4.97. The van der Waals surface area contributed by atoms with Crippen LogP contribution in [0.1, 0.15) is 29.8 Å². The van der Waals surface area contributed by atoms with Crippen LogP contribution in [0.25, 0.3) is 6.08 Å². The van der Waals surface area contributed by atoms with Crippen LogP contribution >= 0.6 is 0 Å². The van der Waals surface area contributed by atoms with E-state index in [1.54, 1.807) is 6.92 Å². The first kappa shape index (κ1) is 18.0. The molecule has 1 N–H and O–H groups in total. The van der Waals surface area contributed by atoms with Gasteiger partial charge in [-0.3, -0.25) is 9.78 Å². The van der Waals surface area contributed by atoms with Gasteiger partial charge in [-0.25, -0.2) is 0 Å². The van der Waals surface area contributed by atoms with Gasteiger partial charge in [-0.1, -0.05) is 24.3 Å². The molecular weight excluding hydrogens is 345 g/mol. The number of pyridine rings is 1. The van der Waals surface area contributed by atoms with Gasteiger partial charge in [-0.2, -0.15) is 13.2 Å². The molecule has 0 fully saturated rings. The van der Waals surface area contributed by atoms with Gasteiger partial charge in [-0.15, -0.1) is 0 Å². The molecule has 4 nitrogen and oxygen atoms in total. The third-order valence-corrected chi connectivity index (χ3v) is 4.01. The van der Waals surface area contributed by atoms with Crippen LogP contribution in [-0.2, 0) is 11.2 Å². The van der Waals surface area contributed by atoms with Crippen LogP contribution in [0.2, 0.25) is 0 Å². The Balaban J connectivity index is 1.58. The quantitative estimate of drug-likeness (QED) is 0.879. The Hall–Kier alpha value is -2.83. The number of nitrogens with zero attached hydrogens (tertiary/aromatic N) is 1. The maximum atomic E-state index is 12.4. The van der Waals surface area contributed by atoms with Crippen LogP contribution in [0.4, 0.5) is 13.2 Å². The molecule has 0 spiro atoms. The predicted octanol–water partition coefficient (Wildman–Crippen LogP) is 3.84. The maximum absolute atomic E-state index is 12.4. The molecule has 1 aliphatic carbocycles. The molecule has 0 radical (unpaired) electrons. The highest BCUT2D eigenvalue weighted by atomic mass is 19.4. The Morgan fingerprint density at radius 1 is 1.27 bits per heavy atom. The molecule has 1 heterocycles. The SMILES string of the molecule is C[C@@H](NC(=O)C1=Cc2ccccc2C1)c1ccc(OCC(F)(F)F)cn1. The van der Waals surface area contributed by atoms with Crippen molar-refractivity contribution < 1.29 is 22.7 Å². The predicted molar refractivity (Wildman–Crippen MR) is 90.5 cm³/mol. The second-order valence-corrected chi connectivity index (χ2v) is 6.06. The van der Waals surface area contributed by atoms with Crippen LogP contribution < -0.4 is 10.1 Å². The van der Waals surface area contributed by atoms with Crippen molar-refractivity contribution in [2.24, 2.45) is 0 Å². The van der Waals surface area contributed by atoms with Gasteiger partial charge in [0, 0.05) is 12.0 Å². The first-order chi connectivity index (χ1) is 12.3. The molecule has 1 aromatic heterocycles. The molecule has 7 heteroatoms. The molecule has 1 atom stereocenters. The Morgan fingerprint density at radius 2 is 2.04 bits per heavy atom. The topological polar surface area (TPSA) is 51.2 Å². The van der Waals surface area contributed by atoms with Crippen LogP contribution in [0.3, 0.4) is 0 Å². The van der Waals surface area contributed by atoms with Crippen molar-refractivity contribution in [3.05, 3.63) is 65.0 Å². The highest BCUT2D eigenvalue weighted by molar-refractivity contribution is 6.00. The lowest BCUT2D eigenvalue weighted by Crippen LogP contribution is -2.28. The van der Waals surface area contributed by atoms with Crippen LogP contribution in [0.15, 0.2) is 48.2 Å². The van der Waals surface area contributed by atoms with Gasteiger partial charge in [0.2, 0.25) is 5.91 Å². The number of amides is 1. The average molecular weight is 362 g/mol. The third-order valence-electron chi connectivity index (χ3n) is 4.01. The number of aromatic nitrogens is 1. The molecule has 0 unspecified atom stereocenters. The molecule has 1 aliphatic rings. The van der Waals surface area contributed by atoms with Crippen molar-refractivity contribution in [3.8, 4) is 5.75 Å². The van der Waals surface area contributed by atoms with Gasteiger partial charge in [0.15, 0.2) is 6.61 Å². The monoisotopic (exact) mass is 362 g/mol. The number of carbonyl (C=O) groups is 1. The summed E-state index contributed by atoms with van der Waals surface area (Å²) >= 11 is 0. The number of nitrogens with one attached hydrogen (secondary N) is 1. The van der Waals surface area contributed by atoms with E-state index in [0.717, 1.165) is 11.1 Å². The fourth-order valence-electron chi connectivity index (χ4n) is 2.69. The van der Waals surface area contributed by atoms with E-state index in [9.17, 15) is 18.0 Å². The summed E-state index contributed by atoms with van der Waals surface area (Å²) < 4.78 is 41.0. The largest absolute Gasteiger partial charge is 0.483 e. The minimum absolute atomic E-state index is 0.0264. The number of fused-ring (bicyclic) bond motifs is 1. The second-order valence-electron chi connectivity index (χ2n) is 6.06. The van der Waals surface area contributed by atoms with Gasteiger partial charge in [0.25, 0.3) is 0 Å². The second kappa shape index (κ2) is 7.19. The van der Waals surface area contributed by atoms with Crippen LogP contribution in [0, 0.1) is 0 Å². The van der Waals surface area contributed by atoms with E-state index in [0.29, 0.717) is 17.7 Å². The zero-order chi connectivity index (χ0) is 18.7. The molecule has 1 aromatic carbocycles. The number of hydrogen-bond acceptors (Lipinski definition) is 3. The molecule has 3 rings (SSSR count). The number of hydrogen-bond donors (Lipinski definition) is 1. The van der Waals surface area contributed by atoms with Gasteiger partial charge in [-0.05, 0) is 36.3 Å². The highest BCUT2D eigenvalue weighted by Gasteiger charge is 2.28. The van der Waals surface area contributed by atoms with E-state index in [-0.39, 0.29) is 17.7 Å². The number of benzene rings is 1. The van der Waals surface area contributed by atoms with Gasteiger partial charge in [0.05, 0.1) is 17.9 Å². The molecule has 0 saturated carbocycles. The fourth-order valence-corrected chi connectivity index (χ4v) is 2.69. The third kappa shape index (κ3) is 4.41. The molecule has 0 saturated heterocycles. The van der Waals surface area contributed by atoms with Crippen molar-refractivity contribution in [1.82, 2.24) is 10.3 Å². The van der Waals surface area contributed by atoms with Crippen molar-refractivity contribution in [2.75, 3.05) is 6.61 Å². The van der Waals surface area contributed by atoms with Crippen molar-refractivity contribution in [2.45, 2.75) is 25.6 Å². The Bertz CT molecular complexity index is 829. The van der Waals surface area contributed by atoms with Crippen LogP contribution in [0.5, 0.6) is 5.75 Å². The van der Waals surface area contributed by atoms with Gasteiger partial charge in [0.1, 0.15) is 5.75 Å². The molecule has 1 amide bonds. The van der Waals surface area contributed by atoms with Crippen molar-refractivity contribution in [1.29, 1.82) is 0 Å². The zero-order valence-electron chi connectivity index (χ0n) is 14.0. The number of carbonyl (C=O) groups excluding carboxylic acids is 1. The molecule has 26 heavy (non-hydrogen) atoms. The summed E-state index contributed by atoms with van der Waals surface area (Å²) in [5, 5.41) is 2.86. The number of rotatable bonds is 5. The fraction of sp³-hybridized carbons (Fsp3) is 0.263. The molecule has 2 aromatic rings. The standard InChI is InChI=1S/C19H17F3N2O2/c1-12(17-7-6-16(10-23-17)26-11-19(20,21)22)24-18(25)15-8-13-4-2-3-5-14(13)9-15/h2-8,10,12H,9,11H2,1H3,(H,24,25)/t12-/m1/s1. The maximum Gasteiger partial charge on any atom is 0.422 e. The van der Waals surface area contributed by atoms with E-state index >= 15 is 0 Å². The molecule has 0 bridgehead atoms. The summed E-state index contributed by atoms with van der Waals surface area (Å²) in [7, 11) is 0. The summed E-state index contributed by atoms with van der Waals surface area (Å²) in [5.41, 5.74) is 3.35. The smallest absolute Gasteiger partial charge is 0.422 e. The van der Waals surface area contributed by atoms with Crippen molar-refractivity contribution >= 4 is 12.0 Å². The summed E-state index contributed by atoms with van der Waals surface area (Å²) in [6, 6.07) is 10.4. The summed E-state index contributed by atoms with van der Waals surface area (Å²) in [5.74, 6) is -0.161. The lowest BCUT2D eigenvalue weighted by molar-refractivity contribution is -0.153. The van der Waals surface area contributed by atoms with E-state index in [2.05, 4.69) is 15.0 Å². The zero-order valence-corrected chi connectivity index (χ0v) is 14.0. The van der Waals surface area contributed by atoms with E-state index < -0.39 is 12.8 Å². The molecule has 0 aliphatic heterocycles. The summed E-state index contributed by atoms with van der Waals surface area (Å²) in [6.07, 6.45) is -0.744. The average Bonchev–Trinajstić information content (AvgIpc) is 3.04. The highest BCUT2D eigenvalue weighted by Crippen LogP contribution is 2.25. The van der Waals surface area contributed by atoms with E-state index in [1.807, 2.05) is 30.3 Å². The van der Waals surface area contributed by atoms with E-state index in [1.165, 1.54) is 18.3 Å².